The Morgan fingerprint density at radius 2 is 1.97 bits per heavy atom. The Labute approximate surface area is 169 Å². The predicted molar refractivity (Wildman–Crippen MR) is 113 cm³/mol. The molecule has 150 valence electrons. The molecule has 0 spiro atoms. The van der Waals surface area contributed by atoms with Gasteiger partial charge in [0.1, 0.15) is 5.75 Å². The molecule has 1 saturated heterocycles. The van der Waals surface area contributed by atoms with Gasteiger partial charge in [0.2, 0.25) is 11.8 Å². The van der Waals surface area contributed by atoms with E-state index in [4.69, 9.17) is 4.74 Å². The number of benzene rings is 2. The van der Waals surface area contributed by atoms with Crippen molar-refractivity contribution < 1.29 is 14.3 Å². The number of nitrogens with zero attached hydrogens (tertiary/aromatic N) is 1. The zero-order chi connectivity index (χ0) is 20.2. The van der Waals surface area contributed by atoms with Crippen LogP contribution in [0.4, 0.5) is 5.69 Å². The second kappa shape index (κ2) is 8.39. The number of H-pyrrole nitrogens is 1. The van der Waals surface area contributed by atoms with Gasteiger partial charge >= 0.3 is 0 Å². The number of likely N-dealkylation sites (tertiary alicyclic amines) is 1. The first kappa shape index (κ1) is 19.1. The van der Waals surface area contributed by atoms with Crippen LogP contribution in [0.15, 0.2) is 54.7 Å². The lowest BCUT2D eigenvalue weighted by atomic mass is 9.96. The standard InChI is InChI=1S/C23H25N3O3/c1-29-19-10-8-18(9-11-19)25-23(28)16-5-4-12-26(15-16)22(27)13-17-14-24-21-7-3-2-6-20(17)21/h2-3,6-11,14,16,24H,4-5,12-13,15H2,1H3,(H,25,28)/t16-/m0/s1. The van der Waals surface area contributed by atoms with E-state index in [9.17, 15) is 9.59 Å². The van der Waals surface area contributed by atoms with Gasteiger partial charge in [-0.1, -0.05) is 18.2 Å². The minimum atomic E-state index is -0.197. The number of fused-ring (bicyclic) bond motifs is 1. The summed E-state index contributed by atoms with van der Waals surface area (Å²) in [6, 6.07) is 15.2. The molecule has 0 radical (unpaired) electrons. The van der Waals surface area contributed by atoms with E-state index >= 15 is 0 Å². The van der Waals surface area contributed by atoms with Crippen LogP contribution in [0.1, 0.15) is 18.4 Å². The maximum atomic E-state index is 12.9. The molecule has 2 amide bonds. The summed E-state index contributed by atoms with van der Waals surface area (Å²) in [5, 5.41) is 4.03. The summed E-state index contributed by atoms with van der Waals surface area (Å²) in [7, 11) is 1.61. The third-order valence-corrected chi connectivity index (χ3v) is 5.52. The molecule has 1 atom stereocenters. The quantitative estimate of drug-likeness (QED) is 0.698. The number of nitrogens with one attached hydrogen (secondary N) is 2. The number of hydrogen-bond acceptors (Lipinski definition) is 3. The Kier molecular flexibility index (Phi) is 5.51. The molecule has 2 heterocycles. The molecular formula is C23H25N3O3. The van der Waals surface area contributed by atoms with Crippen LogP contribution in [0.25, 0.3) is 10.9 Å². The fourth-order valence-corrected chi connectivity index (χ4v) is 3.89. The lowest BCUT2D eigenvalue weighted by Gasteiger charge is -2.32. The number of methoxy groups -OCH3 is 1. The molecule has 29 heavy (non-hydrogen) atoms. The molecule has 1 fully saturated rings. The van der Waals surface area contributed by atoms with Crippen LogP contribution in [0.3, 0.4) is 0 Å². The van der Waals surface area contributed by atoms with Gasteiger partial charge in [0.15, 0.2) is 0 Å². The molecule has 2 aromatic carbocycles. The summed E-state index contributed by atoms with van der Waals surface area (Å²) in [5.41, 5.74) is 2.76. The number of aromatic nitrogens is 1. The van der Waals surface area contributed by atoms with Gasteiger partial charge in [-0.3, -0.25) is 9.59 Å². The zero-order valence-electron chi connectivity index (χ0n) is 16.5. The monoisotopic (exact) mass is 391 g/mol. The maximum absolute atomic E-state index is 12.9. The Balaban J connectivity index is 1.38. The number of carbonyl (C=O) groups excluding carboxylic acids is 2. The van der Waals surface area contributed by atoms with Crippen LogP contribution < -0.4 is 10.1 Å². The van der Waals surface area contributed by atoms with E-state index < -0.39 is 0 Å². The fourth-order valence-electron chi connectivity index (χ4n) is 3.89. The number of hydrogen-bond donors (Lipinski definition) is 2. The van der Waals surface area contributed by atoms with Gasteiger partial charge in [0.25, 0.3) is 0 Å². The number of piperidine rings is 1. The molecule has 1 aliphatic heterocycles. The van der Waals surface area contributed by atoms with Gasteiger partial charge in [0, 0.05) is 35.9 Å². The van der Waals surface area contributed by atoms with E-state index in [0.717, 1.165) is 40.7 Å². The van der Waals surface area contributed by atoms with Gasteiger partial charge in [-0.25, -0.2) is 0 Å². The number of para-hydroxylation sites is 1. The van der Waals surface area contributed by atoms with Gasteiger partial charge in [-0.2, -0.15) is 0 Å². The summed E-state index contributed by atoms with van der Waals surface area (Å²) in [6.07, 6.45) is 3.87. The van der Waals surface area contributed by atoms with Crippen LogP contribution in [0, 0.1) is 5.92 Å². The molecule has 0 saturated carbocycles. The first-order valence-corrected chi connectivity index (χ1v) is 9.92. The third-order valence-electron chi connectivity index (χ3n) is 5.52. The van der Waals surface area contributed by atoms with Crippen molar-refractivity contribution >= 4 is 28.4 Å². The van der Waals surface area contributed by atoms with Crippen molar-refractivity contribution in [1.29, 1.82) is 0 Å². The molecule has 4 rings (SSSR count). The molecule has 3 aromatic rings. The van der Waals surface area contributed by atoms with E-state index in [1.54, 1.807) is 7.11 Å². The average Bonchev–Trinajstić information content (AvgIpc) is 3.17. The van der Waals surface area contributed by atoms with Crippen molar-refractivity contribution in [3.8, 4) is 5.75 Å². The lowest BCUT2D eigenvalue weighted by Crippen LogP contribution is -2.44. The molecule has 6 heteroatoms. The molecule has 1 aliphatic rings. The van der Waals surface area contributed by atoms with Crippen molar-refractivity contribution in [2.45, 2.75) is 19.3 Å². The highest BCUT2D eigenvalue weighted by molar-refractivity contribution is 5.93. The topological polar surface area (TPSA) is 74.4 Å². The summed E-state index contributed by atoms with van der Waals surface area (Å²) in [4.78, 5) is 30.6. The number of rotatable bonds is 5. The summed E-state index contributed by atoms with van der Waals surface area (Å²) < 4.78 is 5.14. The Bertz CT molecular complexity index is 1010. The smallest absolute Gasteiger partial charge is 0.229 e. The van der Waals surface area contributed by atoms with Crippen LogP contribution in [0.5, 0.6) is 5.75 Å². The highest BCUT2D eigenvalue weighted by atomic mass is 16.5. The number of aromatic amines is 1. The summed E-state index contributed by atoms with van der Waals surface area (Å²) in [5.74, 6) is 0.573. The van der Waals surface area contributed by atoms with Crippen LogP contribution in [0.2, 0.25) is 0 Å². The van der Waals surface area contributed by atoms with Gasteiger partial charge in [-0.15, -0.1) is 0 Å². The molecule has 2 N–H and O–H groups in total. The molecular weight excluding hydrogens is 366 g/mol. The number of amides is 2. The molecule has 0 aliphatic carbocycles. The van der Waals surface area contributed by atoms with E-state index in [1.165, 1.54) is 0 Å². The predicted octanol–water partition coefficient (Wildman–Crippen LogP) is 3.60. The van der Waals surface area contributed by atoms with E-state index in [1.807, 2.05) is 59.6 Å². The molecule has 6 nitrogen and oxygen atoms in total. The first-order chi connectivity index (χ1) is 14.1. The van der Waals surface area contributed by atoms with Crippen LogP contribution in [-0.2, 0) is 16.0 Å². The number of carbonyl (C=O) groups is 2. The maximum Gasteiger partial charge on any atom is 0.229 e. The van der Waals surface area contributed by atoms with Crippen molar-refractivity contribution in [2.75, 3.05) is 25.5 Å². The zero-order valence-corrected chi connectivity index (χ0v) is 16.5. The van der Waals surface area contributed by atoms with Gasteiger partial charge in [0.05, 0.1) is 19.4 Å². The second-order valence-electron chi connectivity index (χ2n) is 7.43. The highest BCUT2D eigenvalue weighted by Gasteiger charge is 2.28. The molecule has 0 bridgehead atoms. The highest BCUT2D eigenvalue weighted by Crippen LogP contribution is 2.23. The Hall–Kier alpha value is -3.28. The first-order valence-electron chi connectivity index (χ1n) is 9.92. The van der Waals surface area contributed by atoms with Gasteiger partial charge < -0.3 is 19.9 Å². The van der Waals surface area contributed by atoms with Crippen molar-refractivity contribution in [3.63, 3.8) is 0 Å². The largest absolute Gasteiger partial charge is 0.497 e. The Morgan fingerprint density at radius 3 is 2.76 bits per heavy atom. The van der Waals surface area contributed by atoms with Gasteiger partial charge in [-0.05, 0) is 48.7 Å². The summed E-state index contributed by atoms with van der Waals surface area (Å²) >= 11 is 0. The van der Waals surface area contributed by atoms with E-state index in [-0.39, 0.29) is 17.7 Å². The van der Waals surface area contributed by atoms with Crippen LogP contribution in [-0.4, -0.2) is 41.9 Å². The SMILES string of the molecule is COc1ccc(NC(=O)[C@H]2CCCN(C(=O)Cc3c[nH]c4ccccc34)C2)cc1. The minimum absolute atomic E-state index is 0.0419. The number of anilines is 1. The fraction of sp³-hybridized carbons (Fsp3) is 0.304. The van der Waals surface area contributed by atoms with Crippen LogP contribution >= 0.6 is 0 Å². The third kappa shape index (κ3) is 4.26. The average molecular weight is 391 g/mol. The molecule has 1 aromatic heterocycles. The summed E-state index contributed by atoms with van der Waals surface area (Å²) in [6.45, 7) is 1.16. The lowest BCUT2D eigenvalue weighted by molar-refractivity contribution is -0.133. The van der Waals surface area contributed by atoms with Crippen molar-refractivity contribution in [1.82, 2.24) is 9.88 Å². The molecule has 0 unspecified atom stereocenters. The van der Waals surface area contributed by atoms with E-state index in [0.29, 0.717) is 19.5 Å². The van der Waals surface area contributed by atoms with E-state index in [2.05, 4.69) is 10.3 Å². The number of ether oxygens (including phenoxy) is 1. The van der Waals surface area contributed by atoms with Crippen molar-refractivity contribution in [2.24, 2.45) is 5.92 Å². The second-order valence-corrected chi connectivity index (χ2v) is 7.43. The normalized spacial score (nSPS) is 16.6. The minimum Gasteiger partial charge on any atom is -0.497 e. The van der Waals surface area contributed by atoms with Crippen molar-refractivity contribution in [3.05, 3.63) is 60.3 Å². The Morgan fingerprint density at radius 1 is 1.17 bits per heavy atom.